The minimum Gasteiger partial charge on any atom is -0.464 e. The van der Waals surface area contributed by atoms with E-state index in [1.807, 2.05) is 61.5 Å². The number of amides is 2. The molecule has 7 nitrogen and oxygen atoms in total. The number of benzene rings is 2. The maximum absolute atomic E-state index is 13.9. The number of rotatable bonds is 8. The van der Waals surface area contributed by atoms with Crippen molar-refractivity contribution in [3.8, 4) is 11.3 Å². The van der Waals surface area contributed by atoms with E-state index in [1.54, 1.807) is 55.1 Å². The molecular formula is C30H25N3O4. The van der Waals surface area contributed by atoms with E-state index >= 15 is 0 Å². The number of aromatic nitrogens is 1. The zero-order valence-electron chi connectivity index (χ0n) is 20.2. The number of nitrogens with zero attached hydrogens (tertiary/aromatic N) is 2. The topological polar surface area (TPSA) is 88.6 Å². The van der Waals surface area contributed by atoms with Crippen LogP contribution in [0.1, 0.15) is 40.7 Å². The van der Waals surface area contributed by atoms with Crippen LogP contribution in [0.25, 0.3) is 11.3 Å². The maximum Gasteiger partial charge on any atom is 0.294 e. The molecule has 7 heteroatoms. The van der Waals surface area contributed by atoms with E-state index in [-0.39, 0.29) is 17.7 Å². The van der Waals surface area contributed by atoms with E-state index in [2.05, 4.69) is 10.3 Å². The van der Waals surface area contributed by atoms with Gasteiger partial charge in [0.25, 0.3) is 5.91 Å². The summed E-state index contributed by atoms with van der Waals surface area (Å²) in [7, 11) is 0. The standard InChI is InChI=1S/C30H25N3O4/c1-21(22-8-3-2-4-9-22)32-29(34)28(24-10-5-17-31-20-24)33(30(35)27-12-7-19-37-27)25-15-13-23(14-16-25)26-11-6-18-36-26/h2-21,28H,1H3,(H,32,34)/t21-,28?/m0/s1. The first-order valence-electron chi connectivity index (χ1n) is 11.9. The van der Waals surface area contributed by atoms with Crippen LogP contribution in [-0.2, 0) is 4.79 Å². The normalized spacial score (nSPS) is 12.5. The van der Waals surface area contributed by atoms with Gasteiger partial charge in [0.05, 0.1) is 18.6 Å². The first kappa shape index (κ1) is 23.8. The molecule has 3 heterocycles. The highest BCUT2D eigenvalue weighted by atomic mass is 16.3. The monoisotopic (exact) mass is 491 g/mol. The Kier molecular flexibility index (Phi) is 6.94. The number of hydrogen-bond acceptors (Lipinski definition) is 5. The summed E-state index contributed by atoms with van der Waals surface area (Å²) in [6.45, 7) is 1.91. The summed E-state index contributed by atoms with van der Waals surface area (Å²) in [6.07, 6.45) is 6.26. The third-order valence-corrected chi connectivity index (χ3v) is 6.07. The summed E-state index contributed by atoms with van der Waals surface area (Å²) in [5.41, 5.74) is 2.88. The predicted octanol–water partition coefficient (Wildman–Crippen LogP) is 6.20. The number of furan rings is 2. The van der Waals surface area contributed by atoms with Crippen LogP contribution in [0.2, 0.25) is 0 Å². The summed E-state index contributed by atoms with van der Waals surface area (Å²) in [5, 5.41) is 3.07. The fraction of sp³-hybridized carbons (Fsp3) is 0.100. The van der Waals surface area contributed by atoms with E-state index in [4.69, 9.17) is 8.83 Å². The number of nitrogens with one attached hydrogen (secondary N) is 1. The number of carbonyl (C=O) groups excluding carboxylic acids is 2. The second kappa shape index (κ2) is 10.8. The molecule has 0 aliphatic heterocycles. The largest absolute Gasteiger partial charge is 0.464 e. The minimum atomic E-state index is -1.01. The molecule has 1 unspecified atom stereocenters. The average molecular weight is 492 g/mol. The van der Waals surface area contributed by atoms with Gasteiger partial charge in [-0.25, -0.2) is 0 Å². The maximum atomic E-state index is 13.9. The van der Waals surface area contributed by atoms with Crippen molar-refractivity contribution >= 4 is 17.5 Å². The van der Waals surface area contributed by atoms with Gasteiger partial charge in [0.1, 0.15) is 11.8 Å². The lowest BCUT2D eigenvalue weighted by molar-refractivity contribution is -0.123. The van der Waals surface area contributed by atoms with Crippen molar-refractivity contribution in [3.63, 3.8) is 0 Å². The van der Waals surface area contributed by atoms with E-state index in [1.165, 1.54) is 11.2 Å². The van der Waals surface area contributed by atoms with Crippen molar-refractivity contribution in [2.45, 2.75) is 19.0 Å². The third kappa shape index (κ3) is 5.21. The molecule has 5 aromatic rings. The molecule has 37 heavy (non-hydrogen) atoms. The molecule has 0 radical (unpaired) electrons. The van der Waals surface area contributed by atoms with Crippen LogP contribution in [-0.4, -0.2) is 16.8 Å². The lowest BCUT2D eigenvalue weighted by Crippen LogP contribution is -2.44. The first-order valence-corrected chi connectivity index (χ1v) is 11.9. The van der Waals surface area contributed by atoms with Crippen molar-refractivity contribution in [2.75, 3.05) is 4.90 Å². The van der Waals surface area contributed by atoms with Crippen molar-refractivity contribution in [2.24, 2.45) is 0 Å². The van der Waals surface area contributed by atoms with Gasteiger partial charge in [-0.15, -0.1) is 0 Å². The molecule has 5 rings (SSSR count). The van der Waals surface area contributed by atoms with E-state index in [0.29, 0.717) is 17.0 Å². The summed E-state index contributed by atoms with van der Waals surface area (Å²) in [5.74, 6) is 0.0214. The molecule has 3 aromatic heterocycles. The minimum absolute atomic E-state index is 0.118. The Labute approximate surface area is 214 Å². The zero-order chi connectivity index (χ0) is 25.6. The van der Waals surface area contributed by atoms with Gasteiger partial charge in [-0.2, -0.15) is 0 Å². The van der Waals surface area contributed by atoms with Crippen LogP contribution in [0.15, 0.2) is 125 Å². The first-order chi connectivity index (χ1) is 18.1. The lowest BCUT2D eigenvalue weighted by Gasteiger charge is -2.31. The fourth-order valence-corrected chi connectivity index (χ4v) is 4.20. The highest BCUT2D eigenvalue weighted by Gasteiger charge is 2.35. The lowest BCUT2D eigenvalue weighted by atomic mass is 10.0. The van der Waals surface area contributed by atoms with Gasteiger partial charge >= 0.3 is 0 Å². The van der Waals surface area contributed by atoms with Gasteiger partial charge in [-0.3, -0.25) is 19.5 Å². The van der Waals surface area contributed by atoms with E-state index < -0.39 is 11.9 Å². The molecule has 0 bridgehead atoms. The molecular weight excluding hydrogens is 466 g/mol. The number of carbonyl (C=O) groups is 2. The quantitative estimate of drug-likeness (QED) is 0.279. The molecule has 0 saturated heterocycles. The number of pyridine rings is 1. The Bertz CT molecular complexity index is 1430. The van der Waals surface area contributed by atoms with Crippen LogP contribution in [0, 0.1) is 0 Å². The molecule has 1 N–H and O–H groups in total. The summed E-state index contributed by atoms with van der Waals surface area (Å²) < 4.78 is 10.9. The Balaban J connectivity index is 1.56. The van der Waals surface area contributed by atoms with Gasteiger partial charge < -0.3 is 14.2 Å². The Morgan fingerprint density at radius 2 is 1.54 bits per heavy atom. The van der Waals surface area contributed by atoms with Gasteiger partial charge in [-0.1, -0.05) is 36.4 Å². The van der Waals surface area contributed by atoms with Gasteiger partial charge in [-0.05, 0) is 67.1 Å². The molecule has 0 saturated carbocycles. The summed E-state index contributed by atoms with van der Waals surface area (Å²) in [4.78, 5) is 33.4. The Hall–Kier alpha value is -4.91. The predicted molar refractivity (Wildman–Crippen MR) is 140 cm³/mol. The van der Waals surface area contributed by atoms with Crippen molar-refractivity contribution < 1.29 is 18.4 Å². The van der Waals surface area contributed by atoms with Crippen LogP contribution in [0.4, 0.5) is 5.69 Å². The van der Waals surface area contributed by atoms with Crippen molar-refractivity contribution in [3.05, 3.63) is 133 Å². The molecule has 0 aliphatic carbocycles. The van der Waals surface area contributed by atoms with Gasteiger partial charge in [0, 0.05) is 29.2 Å². The summed E-state index contributed by atoms with van der Waals surface area (Å²) in [6, 6.07) is 26.1. The van der Waals surface area contributed by atoms with Crippen molar-refractivity contribution in [1.82, 2.24) is 10.3 Å². The molecule has 0 fully saturated rings. The fourth-order valence-electron chi connectivity index (χ4n) is 4.20. The highest BCUT2D eigenvalue weighted by Crippen LogP contribution is 2.32. The molecule has 2 amide bonds. The third-order valence-electron chi connectivity index (χ3n) is 6.07. The molecule has 184 valence electrons. The smallest absolute Gasteiger partial charge is 0.294 e. The number of hydrogen-bond donors (Lipinski definition) is 1. The van der Waals surface area contributed by atoms with Crippen LogP contribution >= 0.6 is 0 Å². The van der Waals surface area contributed by atoms with Gasteiger partial charge in [0.2, 0.25) is 5.91 Å². The number of anilines is 1. The molecule has 0 aliphatic rings. The van der Waals surface area contributed by atoms with Crippen LogP contribution < -0.4 is 10.2 Å². The van der Waals surface area contributed by atoms with Crippen LogP contribution in [0.3, 0.4) is 0 Å². The Morgan fingerprint density at radius 3 is 2.19 bits per heavy atom. The van der Waals surface area contributed by atoms with E-state index in [9.17, 15) is 9.59 Å². The zero-order valence-corrected chi connectivity index (χ0v) is 20.2. The average Bonchev–Trinajstić information content (AvgIpc) is 3.68. The molecule has 0 spiro atoms. The second-order valence-electron chi connectivity index (χ2n) is 8.51. The van der Waals surface area contributed by atoms with E-state index in [0.717, 1.165) is 11.1 Å². The highest BCUT2D eigenvalue weighted by molar-refractivity contribution is 6.08. The Morgan fingerprint density at radius 1 is 0.811 bits per heavy atom. The van der Waals surface area contributed by atoms with Crippen molar-refractivity contribution in [1.29, 1.82) is 0 Å². The second-order valence-corrected chi connectivity index (χ2v) is 8.51. The summed E-state index contributed by atoms with van der Waals surface area (Å²) >= 11 is 0. The molecule has 2 aromatic carbocycles. The molecule has 2 atom stereocenters. The van der Waals surface area contributed by atoms with Crippen LogP contribution in [0.5, 0.6) is 0 Å². The van der Waals surface area contributed by atoms with Gasteiger partial charge in [0.15, 0.2) is 5.76 Å². The SMILES string of the molecule is C[C@H](NC(=O)C(c1cccnc1)N(C(=O)c1ccco1)c1ccc(-c2ccco2)cc1)c1ccccc1.